The molecule has 1 aromatic carbocycles. The fourth-order valence-corrected chi connectivity index (χ4v) is 2.58. The fraction of sp³-hybridized carbons (Fsp3) is 0.118. The molecule has 1 heterocycles. The van der Waals surface area contributed by atoms with Gasteiger partial charge in [-0.3, -0.25) is 9.78 Å². The van der Waals surface area contributed by atoms with Gasteiger partial charge in [0.25, 0.3) is 0 Å². The van der Waals surface area contributed by atoms with E-state index >= 15 is 0 Å². The molecule has 0 radical (unpaired) electrons. The Bertz CT molecular complexity index is 752. The van der Waals surface area contributed by atoms with Gasteiger partial charge in [0, 0.05) is 29.5 Å². The van der Waals surface area contributed by atoms with Crippen molar-refractivity contribution in [1.82, 2.24) is 10.3 Å². The minimum absolute atomic E-state index is 0.0916. The molecule has 0 fully saturated rings. The number of nitriles is 1. The minimum Gasteiger partial charge on any atom is -0.375 e. The molecule has 2 aromatic rings. The Labute approximate surface area is 144 Å². The summed E-state index contributed by atoms with van der Waals surface area (Å²) in [5.74, 6) is -0.323. The first-order valence-corrected chi connectivity index (χ1v) is 8.37. The summed E-state index contributed by atoms with van der Waals surface area (Å²) in [5, 5.41) is 13.6. The number of ketones is 1. The van der Waals surface area contributed by atoms with Gasteiger partial charge in [-0.15, -0.1) is 11.8 Å². The molecule has 0 aliphatic carbocycles. The number of aromatic nitrogens is 1. The third kappa shape index (κ3) is 4.59. The lowest BCUT2D eigenvalue weighted by Gasteiger charge is -2.11. The van der Waals surface area contributed by atoms with Gasteiger partial charge in [0.05, 0.1) is 5.03 Å². The van der Waals surface area contributed by atoms with Gasteiger partial charge >= 0.3 is 0 Å². The van der Waals surface area contributed by atoms with Gasteiger partial charge < -0.3 is 5.32 Å². The average molecular weight is 344 g/mol. The van der Waals surface area contributed by atoms with Gasteiger partial charge in [-0.1, -0.05) is 11.6 Å². The SMILES string of the molecule is CSC(NCc1ccncc1)=C(C#N)C(=O)c1ccc(Cl)cc1. The fourth-order valence-electron chi connectivity index (χ4n) is 1.90. The van der Waals surface area contributed by atoms with Gasteiger partial charge in [0.15, 0.2) is 0 Å². The summed E-state index contributed by atoms with van der Waals surface area (Å²) in [6, 6.07) is 12.2. The first-order chi connectivity index (χ1) is 11.2. The molecule has 4 nitrogen and oxygen atoms in total. The lowest BCUT2D eigenvalue weighted by Crippen LogP contribution is -2.16. The lowest BCUT2D eigenvalue weighted by atomic mass is 10.1. The standard InChI is InChI=1S/C17H14ClN3OS/c1-23-17(21-11-12-6-8-20-9-7-12)15(10-19)16(22)13-2-4-14(18)5-3-13/h2-9,21H,11H2,1H3. The molecule has 0 unspecified atom stereocenters. The first kappa shape index (κ1) is 17.1. The highest BCUT2D eigenvalue weighted by molar-refractivity contribution is 8.02. The van der Waals surface area contributed by atoms with Crippen LogP contribution in [0.5, 0.6) is 0 Å². The summed E-state index contributed by atoms with van der Waals surface area (Å²) in [6.45, 7) is 0.512. The van der Waals surface area contributed by atoms with Crippen LogP contribution in [0.1, 0.15) is 15.9 Å². The predicted octanol–water partition coefficient (Wildman–Crippen LogP) is 3.81. The van der Waals surface area contributed by atoms with Crippen molar-refractivity contribution < 1.29 is 4.79 Å². The maximum atomic E-state index is 12.5. The van der Waals surface area contributed by atoms with Crippen LogP contribution < -0.4 is 5.32 Å². The second kappa shape index (κ2) is 8.37. The van der Waals surface area contributed by atoms with Gasteiger partial charge in [0.1, 0.15) is 11.6 Å². The Kier molecular flexibility index (Phi) is 6.21. The monoisotopic (exact) mass is 343 g/mol. The lowest BCUT2D eigenvalue weighted by molar-refractivity contribution is 0.103. The molecule has 0 aliphatic rings. The van der Waals surface area contributed by atoms with Crippen LogP contribution >= 0.6 is 23.4 Å². The van der Waals surface area contributed by atoms with E-state index in [1.165, 1.54) is 11.8 Å². The third-order valence-electron chi connectivity index (χ3n) is 3.08. The van der Waals surface area contributed by atoms with E-state index in [2.05, 4.69) is 10.3 Å². The minimum atomic E-state index is -0.323. The zero-order valence-corrected chi connectivity index (χ0v) is 14.0. The zero-order chi connectivity index (χ0) is 16.7. The van der Waals surface area contributed by atoms with E-state index < -0.39 is 0 Å². The second-order valence-electron chi connectivity index (χ2n) is 4.57. The Morgan fingerprint density at radius 2 is 1.91 bits per heavy atom. The van der Waals surface area contributed by atoms with Crippen molar-refractivity contribution in [2.45, 2.75) is 6.54 Å². The van der Waals surface area contributed by atoms with Crippen molar-refractivity contribution in [3.63, 3.8) is 0 Å². The molecular formula is C17H14ClN3OS. The Hall–Kier alpha value is -2.29. The van der Waals surface area contributed by atoms with Crippen molar-refractivity contribution in [2.24, 2.45) is 0 Å². The molecule has 23 heavy (non-hydrogen) atoms. The number of halogens is 1. The van der Waals surface area contributed by atoms with E-state index in [0.717, 1.165) is 5.56 Å². The molecule has 6 heteroatoms. The Morgan fingerprint density at radius 3 is 2.48 bits per heavy atom. The normalized spacial score (nSPS) is 11.3. The number of hydrogen-bond donors (Lipinski definition) is 1. The van der Waals surface area contributed by atoms with Crippen LogP contribution in [0.4, 0.5) is 0 Å². The van der Waals surface area contributed by atoms with Gasteiger partial charge in [-0.05, 0) is 48.2 Å². The van der Waals surface area contributed by atoms with Crippen LogP contribution in [0, 0.1) is 11.3 Å². The summed E-state index contributed by atoms with van der Waals surface area (Å²) in [6.07, 6.45) is 5.22. The number of nitrogens with one attached hydrogen (secondary N) is 1. The molecule has 0 bridgehead atoms. The number of carbonyl (C=O) groups excluding carboxylic acids is 1. The van der Waals surface area contributed by atoms with Crippen molar-refractivity contribution >= 4 is 29.1 Å². The molecule has 0 saturated heterocycles. The van der Waals surface area contributed by atoms with Crippen molar-refractivity contribution in [3.05, 3.63) is 75.5 Å². The number of Topliss-reactive ketones (excluding diaryl/α,β-unsaturated/α-hetero) is 1. The molecule has 0 atom stereocenters. The highest BCUT2D eigenvalue weighted by atomic mass is 35.5. The molecular weight excluding hydrogens is 330 g/mol. The van der Waals surface area contributed by atoms with Crippen LogP contribution in [0.15, 0.2) is 59.4 Å². The molecule has 1 aromatic heterocycles. The second-order valence-corrected chi connectivity index (χ2v) is 5.82. The first-order valence-electron chi connectivity index (χ1n) is 6.77. The van der Waals surface area contributed by atoms with E-state index in [-0.39, 0.29) is 11.4 Å². The molecule has 1 N–H and O–H groups in total. The van der Waals surface area contributed by atoms with E-state index in [4.69, 9.17) is 11.6 Å². The molecule has 0 aliphatic heterocycles. The number of nitrogens with zero attached hydrogens (tertiary/aromatic N) is 2. The highest BCUT2D eigenvalue weighted by Gasteiger charge is 2.17. The molecule has 2 rings (SSSR count). The Morgan fingerprint density at radius 1 is 1.26 bits per heavy atom. The number of hydrogen-bond acceptors (Lipinski definition) is 5. The van der Waals surface area contributed by atoms with Crippen molar-refractivity contribution in [3.8, 4) is 6.07 Å². The maximum absolute atomic E-state index is 12.5. The quantitative estimate of drug-likeness (QED) is 0.491. The van der Waals surface area contributed by atoms with Crippen molar-refractivity contribution in [1.29, 1.82) is 5.26 Å². The van der Waals surface area contributed by atoms with E-state index in [9.17, 15) is 10.1 Å². The third-order valence-corrected chi connectivity index (χ3v) is 4.09. The Balaban J connectivity index is 2.23. The number of carbonyl (C=O) groups is 1. The van der Waals surface area contributed by atoms with E-state index in [0.29, 0.717) is 22.2 Å². The summed E-state index contributed by atoms with van der Waals surface area (Å²) in [4.78, 5) is 16.5. The highest BCUT2D eigenvalue weighted by Crippen LogP contribution is 2.20. The van der Waals surface area contributed by atoms with Crippen LogP contribution in [-0.4, -0.2) is 17.0 Å². The topological polar surface area (TPSA) is 65.8 Å². The molecule has 0 spiro atoms. The van der Waals surface area contributed by atoms with Crippen LogP contribution in [-0.2, 0) is 6.54 Å². The predicted molar refractivity (Wildman–Crippen MR) is 93.0 cm³/mol. The summed E-state index contributed by atoms with van der Waals surface area (Å²) >= 11 is 7.16. The van der Waals surface area contributed by atoms with E-state index in [1.807, 2.05) is 24.5 Å². The number of thioether (sulfide) groups is 1. The smallest absolute Gasteiger partial charge is 0.206 e. The van der Waals surface area contributed by atoms with Crippen molar-refractivity contribution in [2.75, 3.05) is 6.26 Å². The van der Waals surface area contributed by atoms with E-state index in [1.54, 1.807) is 36.7 Å². The van der Waals surface area contributed by atoms with Gasteiger partial charge in [-0.25, -0.2) is 0 Å². The van der Waals surface area contributed by atoms with Gasteiger partial charge in [0.2, 0.25) is 5.78 Å². The zero-order valence-electron chi connectivity index (χ0n) is 12.4. The summed E-state index contributed by atoms with van der Waals surface area (Å²) in [7, 11) is 0. The maximum Gasteiger partial charge on any atom is 0.206 e. The largest absolute Gasteiger partial charge is 0.375 e. The summed E-state index contributed by atoms with van der Waals surface area (Å²) < 4.78 is 0. The van der Waals surface area contributed by atoms with Crippen LogP contribution in [0.3, 0.4) is 0 Å². The number of allylic oxidation sites excluding steroid dienone is 1. The molecule has 0 amide bonds. The van der Waals surface area contributed by atoms with Crippen LogP contribution in [0.25, 0.3) is 0 Å². The summed E-state index contributed by atoms with van der Waals surface area (Å²) in [5.41, 5.74) is 1.54. The number of benzene rings is 1. The average Bonchev–Trinajstić information content (AvgIpc) is 2.59. The van der Waals surface area contributed by atoms with Gasteiger partial charge in [-0.2, -0.15) is 5.26 Å². The van der Waals surface area contributed by atoms with Crippen LogP contribution in [0.2, 0.25) is 5.02 Å². The molecule has 0 saturated carbocycles. The number of rotatable bonds is 6. The number of pyridine rings is 1. The molecule has 116 valence electrons.